The second-order valence-electron chi connectivity index (χ2n) is 6.96. The number of phenols is 1. The Morgan fingerprint density at radius 1 is 1.30 bits per heavy atom. The van der Waals surface area contributed by atoms with Gasteiger partial charge in [0.15, 0.2) is 0 Å². The Morgan fingerprint density at radius 3 is 2.91 bits per heavy atom. The van der Waals surface area contributed by atoms with Gasteiger partial charge < -0.3 is 10.1 Å². The van der Waals surface area contributed by atoms with Crippen molar-refractivity contribution in [2.45, 2.75) is 58.8 Å². The minimum absolute atomic E-state index is 0.340. The van der Waals surface area contributed by atoms with Gasteiger partial charge in [-0.05, 0) is 68.2 Å². The Bertz CT molecular complexity index is 714. The van der Waals surface area contributed by atoms with Gasteiger partial charge in [0.25, 0.3) is 0 Å². The number of nitrogens with zero attached hydrogens (tertiary/aromatic N) is 1. The summed E-state index contributed by atoms with van der Waals surface area (Å²) in [7, 11) is 0. The first kappa shape index (κ1) is 16.1. The number of hydrogen-bond acceptors (Lipinski definition) is 2. The molecule has 1 aliphatic rings. The Balaban J connectivity index is 2.01. The summed E-state index contributed by atoms with van der Waals surface area (Å²) < 4.78 is 0. The van der Waals surface area contributed by atoms with E-state index in [1.807, 2.05) is 12.1 Å². The van der Waals surface area contributed by atoms with Gasteiger partial charge in [-0.2, -0.15) is 0 Å². The number of aromatic hydroxyl groups is 1. The van der Waals surface area contributed by atoms with Crippen LogP contribution in [0.3, 0.4) is 0 Å². The number of rotatable bonds is 1. The predicted octanol–water partition coefficient (Wildman–Crippen LogP) is 5.19. The third kappa shape index (κ3) is 3.29. The number of aromatic amines is 1. The summed E-state index contributed by atoms with van der Waals surface area (Å²) in [4.78, 5) is 8.46. The maximum absolute atomic E-state index is 9.85. The van der Waals surface area contributed by atoms with Gasteiger partial charge in [0.1, 0.15) is 5.75 Å². The molecule has 2 heterocycles. The fourth-order valence-corrected chi connectivity index (χ4v) is 3.94. The van der Waals surface area contributed by atoms with E-state index in [1.165, 1.54) is 42.7 Å². The maximum atomic E-state index is 9.85. The van der Waals surface area contributed by atoms with Gasteiger partial charge in [-0.3, -0.25) is 4.99 Å². The van der Waals surface area contributed by atoms with Crippen LogP contribution < -0.4 is 0 Å². The quantitative estimate of drug-likeness (QED) is 0.748. The SMILES string of the molecule is CC[C@H]1CCC[C@H](C)c2[nH]c3ccc(O)cc3c2CC/N=C/1C. The highest BCUT2D eigenvalue weighted by Crippen LogP contribution is 2.33. The number of benzene rings is 1. The fourth-order valence-electron chi connectivity index (χ4n) is 3.94. The molecule has 2 aromatic rings. The van der Waals surface area contributed by atoms with Gasteiger partial charge in [-0.1, -0.05) is 20.3 Å². The minimum Gasteiger partial charge on any atom is -0.508 e. The lowest BCUT2D eigenvalue weighted by atomic mass is 9.91. The largest absolute Gasteiger partial charge is 0.508 e. The summed E-state index contributed by atoms with van der Waals surface area (Å²) in [6.07, 6.45) is 5.82. The molecule has 2 atom stereocenters. The zero-order valence-electron chi connectivity index (χ0n) is 14.5. The summed E-state index contributed by atoms with van der Waals surface area (Å²) in [5.41, 5.74) is 5.12. The topological polar surface area (TPSA) is 48.4 Å². The lowest BCUT2D eigenvalue weighted by Crippen LogP contribution is -2.11. The second kappa shape index (κ2) is 6.77. The van der Waals surface area contributed by atoms with Crippen molar-refractivity contribution in [3.63, 3.8) is 0 Å². The van der Waals surface area contributed by atoms with Crippen LogP contribution in [0.4, 0.5) is 0 Å². The molecule has 0 unspecified atom stereocenters. The van der Waals surface area contributed by atoms with Crippen molar-refractivity contribution in [1.82, 2.24) is 4.98 Å². The number of fused-ring (bicyclic) bond motifs is 3. The predicted molar refractivity (Wildman–Crippen MR) is 97.7 cm³/mol. The van der Waals surface area contributed by atoms with Crippen LogP contribution in [0.25, 0.3) is 10.9 Å². The van der Waals surface area contributed by atoms with Crippen molar-refractivity contribution in [2.75, 3.05) is 6.54 Å². The summed E-state index contributed by atoms with van der Waals surface area (Å²) in [5.74, 6) is 1.50. The molecule has 0 saturated heterocycles. The first-order valence-electron chi connectivity index (χ1n) is 8.94. The van der Waals surface area contributed by atoms with Gasteiger partial charge in [0.2, 0.25) is 0 Å². The highest BCUT2D eigenvalue weighted by atomic mass is 16.3. The van der Waals surface area contributed by atoms with E-state index in [2.05, 4.69) is 25.8 Å². The molecule has 0 aliphatic carbocycles. The van der Waals surface area contributed by atoms with Crippen molar-refractivity contribution in [3.05, 3.63) is 29.5 Å². The van der Waals surface area contributed by atoms with Crippen LogP contribution >= 0.6 is 0 Å². The van der Waals surface area contributed by atoms with Crippen molar-refractivity contribution in [2.24, 2.45) is 10.9 Å². The molecule has 3 rings (SSSR count). The molecule has 0 fully saturated rings. The molecule has 2 N–H and O–H groups in total. The highest BCUT2D eigenvalue weighted by Gasteiger charge is 2.19. The number of H-pyrrole nitrogens is 1. The van der Waals surface area contributed by atoms with Crippen molar-refractivity contribution < 1.29 is 5.11 Å². The number of phenolic OH excluding ortho intramolecular Hbond substituents is 1. The normalized spacial score (nSPS) is 25.4. The average molecular weight is 312 g/mol. The molecule has 23 heavy (non-hydrogen) atoms. The molecule has 3 heteroatoms. The fraction of sp³-hybridized carbons (Fsp3) is 0.550. The van der Waals surface area contributed by atoms with E-state index in [0.717, 1.165) is 23.9 Å². The molecule has 1 aliphatic heterocycles. The third-order valence-electron chi connectivity index (χ3n) is 5.41. The number of aliphatic imine (C=N–C) groups is 1. The van der Waals surface area contributed by atoms with Gasteiger partial charge in [0.05, 0.1) is 0 Å². The summed E-state index contributed by atoms with van der Waals surface area (Å²) >= 11 is 0. The first-order chi connectivity index (χ1) is 11.1. The number of hydrogen-bond donors (Lipinski definition) is 2. The lowest BCUT2D eigenvalue weighted by molar-refractivity contribution is 0.476. The number of aromatic nitrogens is 1. The standard InChI is InChI=1S/C20H28N2O/c1-4-15-7-5-6-13(2)20-17(10-11-21-14(15)3)18-12-16(23)8-9-19(18)22-20/h8-9,12-13,15,22-23H,4-7,10-11H2,1-3H3/b21-14+/t13-,15-/m0/s1. The zero-order valence-corrected chi connectivity index (χ0v) is 14.5. The van der Waals surface area contributed by atoms with E-state index in [-0.39, 0.29) is 0 Å². The Kier molecular flexibility index (Phi) is 4.74. The average Bonchev–Trinajstić information content (AvgIpc) is 2.88. The summed E-state index contributed by atoms with van der Waals surface area (Å²) in [5, 5.41) is 11.0. The first-order valence-corrected chi connectivity index (χ1v) is 8.94. The van der Waals surface area contributed by atoms with Gasteiger partial charge in [-0.15, -0.1) is 0 Å². The number of nitrogens with one attached hydrogen (secondary N) is 1. The molecular formula is C20H28N2O. The van der Waals surface area contributed by atoms with E-state index in [1.54, 1.807) is 6.07 Å². The van der Waals surface area contributed by atoms with E-state index >= 15 is 0 Å². The van der Waals surface area contributed by atoms with E-state index in [0.29, 0.717) is 17.6 Å². The van der Waals surface area contributed by atoms with Crippen LogP contribution in [0.1, 0.15) is 63.6 Å². The van der Waals surface area contributed by atoms with Crippen molar-refractivity contribution in [1.29, 1.82) is 0 Å². The molecular weight excluding hydrogens is 284 g/mol. The van der Waals surface area contributed by atoms with Gasteiger partial charge >= 0.3 is 0 Å². The van der Waals surface area contributed by atoms with Crippen LogP contribution in [0.5, 0.6) is 5.75 Å². The molecule has 3 nitrogen and oxygen atoms in total. The molecule has 1 aromatic heterocycles. The molecule has 124 valence electrons. The van der Waals surface area contributed by atoms with Gasteiger partial charge in [-0.25, -0.2) is 0 Å². The summed E-state index contributed by atoms with van der Waals surface area (Å²) in [6, 6.07) is 5.63. The van der Waals surface area contributed by atoms with Crippen LogP contribution in [0.15, 0.2) is 23.2 Å². The monoisotopic (exact) mass is 312 g/mol. The maximum Gasteiger partial charge on any atom is 0.116 e. The molecule has 0 bridgehead atoms. The van der Waals surface area contributed by atoms with E-state index < -0.39 is 0 Å². The Morgan fingerprint density at radius 2 is 2.13 bits per heavy atom. The zero-order chi connectivity index (χ0) is 16.4. The van der Waals surface area contributed by atoms with Crippen LogP contribution in [-0.2, 0) is 6.42 Å². The smallest absolute Gasteiger partial charge is 0.116 e. The van der Waals surface area contributed by atoms with Crippen molar-refractivity contribution in [3.8, 4) is 5.75 Å². The van der Waals surface area contributed by atoms with E-state index in [4.69, 9.17) is 4.99 Å². The molecule has 0 amide bonds. The van der Waals surface area contributed by atoms with Crippen LogP contribution in [0, 0.1) is 5.92 Å². The highest BCUT2D eigenvalue weighted by molar-refractivity contribution is 5.87. The van der Waals surface area contributed by atoms with Crippen LogP contribution in [-0.4, -0.2) is 22.3 Å². The Hall–Kier alpha value is -1.77. The lowest BCUT2D eigenvalue weighted by Gasteiger charge is -2.16. The molecule has 0 radical (unpaired) electrons. The third-order valence-corrected chi connectivity index (χ3v) is 5.41. The molecule has 1 aromatic carbocycles. The molecule has 0 spiro atoms. The summed E-state index contributed by atoms with van der Waals surface area (Å²) in [6.45, 7) is 7.62. The van der Waals surface area contributed by atoms with Gasteiger partial charge in [0, 0.05) is 28.9 Å². The Labute approximate surface area is 138 Å². The van der Waals surface area contributed by atoms with Crippen molar-refractivity contribution >= 4 is 16.6 Å². The van der Waals surface area contributed by atoms with Crippen LogP contribution in [0.2, 0.25) is 0 Å². The minimum atomic E-state index is 0.340. The molecule has 0 saturated carbocycles. The van der Waals surface area contributed by atoms with E-state index in [9.17, 15) is 5.11 Å². The second-order valence-corrected chi connectivity index (χ2v) is 6.96.